The van der Waals surface area contributed by atoms with Gasteiger partial charge in [0.25, 0.3) is 0 Å². The molecule has 2 unspecified atom stereocenters. The van der Waals surface area contributed by atoms with Gasteiger partial charge in [0.2, 0.25) is 17.7 Å². The number of nitrogens with one attached hydrogen (secondary N) is 1. The van der Waals surface area contributed by atoms with Crippen molar-refractivity contribution in [3.05, 3.63) is 17.8 Å². The topological polar surface area (TPSA) is 143 Å². The number of aliphatic hydroxyl groups excluding tert-OH is 1. The largest absolute Gasteiger partial charge is 0.406 e. The van der Waals surface area contributed by atoms with Gasteiger partial charge in [0.15, 0.2) is 0 Å². The van der Waals surface area contributed by atoms with Crippen molar-refractivity contribution in [2.45, 2.75) is 70.7 Å². The lowest BCUT2D eigenvalue weighted by atomic mass is 9.85. The van der Waals surface area contributed by atoms with E-state index in [1.807, 2.05) is 27.0 Å². The van der Waals surface area contributed by atoms with Crippen molar-refractivity contribution < 1.29 is 19.1 Å². The number of carbonyl (C=O) groups excluding carboxylic acids is 2. The lowest BCUT2D eigenvalue weighted by molar-refractivity contribution is -0.144. The van der Waals surface area contributed by atoms with E-state index in [4.69, 9.17) is 4.42 Å². The normalized spacial score (nSPS) is 21.8. The third-order valence-electron chi connectivity index (χ3n) is 5.96. The van der Waals surface area contributed by atoms with Crippen LogP contribution in [0.4, 0.5) is 6.01 Å². The second-order valence-electron chi connectivity index (χ2n) is 10.2. The van der Waals surface area contributed by atoms with Crippen LogP contribution < -0.4 is 10.2 Å². The monoisotopic (exact) mass is 460 g/mol. The maximum absolute atomic E-state index is 13.7. The molecule has 2 amide bonds. The van der Waals surface area contributed by atoms with Gasteiger partial charge in [-0.25, -0.2) is 4.68 Å². The van der Waals surface area contributed by atoms with E-state index in [2.05, 4.69) is 25.8 Å². The number of amides is 2. The van der Waals surface area contributed by atoms with E-state index in [-0.39, 0.29) is 37.2 Å². The van der Waals surface area contributed by atoms with E-state index in [9.17, 15) is 14.7 Å². The molecule has 2 aromatic rings. The SMILES string of the molecule is CN(C)c1nnc(CNC(=O)C2CC(O)CN2C(=O)[C@@H](n2cc(C3CC3)nn2)C(C)(C)C)o1. The molecule has 2 N–H and O–H groups in total. The molecule has 0 bridgehead atoms. The summed E-state index contributed by atoms with van der Waals surface area (Å²) in [4.78, 5) is 29.8. The molecule has 33 heavy (non-hydrogen) atoms. The number of likely N-dealkylation sites (tertiary alicyclic amines) is 1. The van der Waals surface area contributed by atoms with Crippen molar-refractivity contribution in [2.24, 2.45) is 5.41 Å². The fourth-order valence-corrected chi connectivity index (χ4v) is 4.10. The summed E-state index contributed by atoms with van der Waals surface area (Å²) in [5.74, 6) is 0.0270. The predicted molar refractivity (Wildman–Crippen MR) is 117 cm³/mol. The highest BCUT2D eigenvalue weighted by Crippen LogP contribution is 2.40. The minimum atomic E-state index is -0.806. The zero-order valence-corrected chi connectivity index (χ0v) is 19.7. The van der Waals surface area contributed by atoms with Crippen LogP contribution in [0.3, 0.4) is 0 Å². The van der Waals surface area contributed by atoms with E-state index >= 15 is 0 Å². The van der Waals surface area contributed by atoms with Gasteiger partial charge in [0.1, 0.15) is 12.1 Å². The number of nitrogens with zero attached hydrogens (tertiary/aromatic N) is 7. The quantitative estimate of drug-likeness (QED) is 0.603. The Morgan fingerprint density at radius 2 is 2.00 bits per heavy atom. The minimum Gasteiger partial charge on any atom is -0.406 e. The van der Waals surface area contributed by atoms with Gasteiger partial charge >= 0.3 is 6.01 Å². The molecule has 3 atom stereocenters. The first-order valence-electron chi connectivity index (χ1n) is 11.2. The van der Waals surface area contributed by atoms with Crippen LogP contribution in [0, 0.1) is 5.41 Å². The molecule has 12 nitrogen and oxygen atoms in total. The smallest absolute Gasteiger partial charge is 0.317 e. The van der Waals surface area contributed by atoms with Crippen LogP contribution in [-0.2, 0) is 16.1 Å². The van der Waals surface area contributed by atoms with E-state index in [0.29, 0.717) is 11.9 Å². The minimum absolute atomic E-state index is 0.0326. The standard InChI is InChI=1S/C21H32N8O4/c1-21(2,3)17(29-11-14(23-26-29)12-6-7-12)19(32)28-10-13(30)8-15(28)18(31)22-9-16-24-25-20(33-16)27(4)5/h11-13,15,17,30H,6-10H2,1-5H3,(H,22,31)/t13?,15?,17-/m1/s1. The Hall–Kier alpha value is -3.02. The molecule has 4 rings (SSSR count). The molecular weight excluding hydrogens is 428 g/mol. The van der Waals surface area contributed by atoms with Crippen LogP contribution in [0.2, 0.25) is 0 Å². The molecule has 2 fully saturated rings. The Bertz CT molecular complexity index is 1010. The van der Waals surface area contributed by atoms with Gasteiger partial charge in [-0.1, -0.05) is 31.1 Å². The number of anilines is 1. The van der Waals surface area contributed by atoms with Crippen LogP contribution in [0.1, 0.15) is 63.6 Å². The van der Waals surface area contributed by atoms with Crippen LogP contribution >= 0.6 is 0 Å². The van der Waals surface area contributed by atoms with Crippen molar-refractivity contribution in [2.75, 3.05) is 25.5 Å². The number of hydrogen-bond donors (Lipinski definition) is 2. The summed E-state index contributed by atoms with van der Waals surface area (Å²) in [5.41, 5.74) is 0.413. The molecule has 1 aliphatic heterocycles. The number of β-amino-alcohol motifs (C(OH)–C–C–N with tert-alkyl or cyclic N) is 1. The number of aliphatic hydroxyl groups is 1. The summed E-state index contributed by atoms with van der Waals surface area (Å²) >= 11 is 0. The molecule has 1 saturated carbocycles. The lowest BCUT2D eigenvalue weighted by Crippen LogP contribution is -2.50. The maximum atomic E-state index is 13.7. The Labute approximate surface area is 192 Å². The average Bonchev–Trinajstić information content (AvgIpc) is 3.13. The Morgan fingerprint density at radius 1 is 1.27 bits per heavy atom. The lowest BCUT2D eigenvalue weighted by Gasteiger charge is -2.34. The molecule has 0 aromatic carbocycles. The first kappa shape index (κ1) is 23.1. The highest BCUT2D eigenvalue weighted by atomic mass is 16.4. The first-order chi connectivity index (χ1) is 15.5. The zero-order valence-electron chi connectivity index (χ0n) is 19.7. The van der Waals surface area contributed by atoms with Gasteiger partial charge in [-0.2, -0.15) is 0 Å². The number of aromatic nitrogens is 5. The van der Waals surface area contributed by atoms with Gasteiger partial charge in [-0.15, -0.1) is 10.2 Å². The summed E-state index contributed by atoms with van der Waals surface area (Å²) in [6.07, 6.45) is 3.39. The molecular formula is C21H32N8O4. The molecule has 12 heteroatoms. The Kier molecular flexibility index (Phi) is 6.12. The fraction of sp³-hybridized carbons (Fsp3) is 0.714. The number of hydrogen-bond acceptors (Lipinski definition) is 9. The molecule has 0 radical (unpaired) electrons. The summed E-state index contributed by atoms with van der Waals surface area (Å²) in [6, 6.07) is -1.13. The molecule has 1 saturated heterocycles. The highest BCUT2D eigenvalue weighted by molar-refractivity contribution is 5.90. The predicted octanol–water partition coefficient (Wildman–Crippen LogP) is 0.470. The van der Waals surface area contributed by atoms with Crippen molar-refractivity contribution >= 4 is 17.8 Å². The van der Waals surface area contributed by atoms with Crippen LogP contribution in [0.25, 0.3) is 0 Å². The molecule has 1 aliphatic carbocycles. The fourth-order valence-electron chi connectivity index (χ4n) is 4.10. The van der Waals surface area contributed by atoms with Crippen molar-refractivity contribution in [3.63, 3.8) is 0 Å². The third kappa shape index (κ3) is 5.00. The molecule has 0 spiro atoms. The van der Waals surface area contributed by atoms with E-state index in [0.717, 1.165) is 18.5 Å². The van der Waals surface area contributed by atoms with Crippen LogP contribution in [0.15, 0.2) is 10.6 Å². The summed E-state index contributed by atoms with van der Waals surface area (Å²) in [5, 5.41) is 29.3. The van der Waals surface area contributed by atoms with Gasteiger partial charge in [-0.3, -0.25) is 9.59 Å². The highest BCUT2D eigenvalue weighted by Gasteiger charge is 2.45. The van der Waals surface area contributed by atoms with Crippen LogP contribution in [0.5, 0.6) is 0 Å². The Morgan fingerprint density at radius 3 is 2.61 bits per heavy atom. The van der Waals surface area contributed by atoms with E-state index < -0.39 is 23.6 Å². The average molecular weight is 461 g/mol. The van der Waals surface area contributed by atoms with Crippen molar-refractivity contribution in [1.29, 1.82) is 0 Å². The van der Waals surface area contributed by atoms with Gasteiger partial charge in [-0.05, 0) is 18.3 Å². The van der Waals surface area contributed by atoms with Crippen LogP contribution in [-0.4, -0.2) is 79.8 Å². The second kappa shape index (κ2) is 8.73. The Balaban J connectivity index is 1.49. The molecule has 3 heterocycles. The number of rotatable bonds is 7. The summed E-state index contributed by atoms with van der Waals surface area (Å²) < 4.78 is 7.07. The van der Waals surface area contributed by atoms with E-state index in [1.54, 1.807) is 23.7 Å². The zero-order chi connectivity index (χ0) is 23.9. The third-order valence-corrected chi connectivity index (χ3v) is 5.96. The molecule has 2 aromatic heterocycles. The second-order valence-corrected chi connectivity index (χ2v) is 10.2. The van der Waals surface area contributed by atoms with Gasteiger partial charge in [0, 0.05) is 39.2 Å². The maximum Gasteiger partial charge on any atom is 0.317 e. The molecule has 180 valence electrons. The number of carbonyl (C=O) groups is 2. The molecule has 2 aliphatic rings. The first-order valence-corrected chi connectivity index (χ1v) is 11.2. The van der Waals surface area contributed by atoms with Gasteiger partial charge < -0.3 is 24.6 Å². The van der Waals surface area contributed by atoms with E-state index in [1.165, 1.54) is 4.90 Å². The van der Waals surface area contributed by atoms with Gasteiger partial charge in [0.05, 0.1) is 18.3 Å². The van der Waals surface area contributed by atoms with Crippen molar-refractivity contribution in [1.82, 2.24) is 35.4 Å². The summed E-state index contributed by atoms with van der Waals surface area (Å²) in [7, 11) is 3.54. The van der Waals surface area contributed by atoms with Crippen molar-refractivity contribution in [3.8, 4) is 0 Å². The summed E-state index contributed by atoms with van der Waals surface area (Å²) in [6.45, 7) is 5.97.